The van der Waals surface area contributed by atoms with E-state index in [0.29, 0.717) is 31.2 Å². The van der Waals surface area contributed by atoms with Crippen molar-refractivity contribution in [3.8, 4) is 11.5 Å². The van der Waals surface area contributed by atoms with Crippen molar-refractivity contribution >= 4 is 5.91 Å². The van der Waals surface area contributed by atoms with E-state index in [-0.39, 0.29) is 5.91 Å². The maximum atomic E-state index is 12.0. The lowest BCUT2D eigenvalue weighted by Crippen LogP contribution is -2.23. The summed E-state index contributed by atoms with van der Waals surface area (Å²) in [5, 5.41) is 11.0. The van der Waals surface area contributed by atoms with E-state index in [0.717, 1.165) is 16.7 Å². The SMILES string of the molecule is Cc1cccc(-c2nnc(CCC(=O)NCc3ccccc3C)o2)c1. The van der Waals surface area contributed by atoms with Crippen molar-refractivity contribution in [2.45, 2.75) is 33.2 Å². The summed E-state index contributed by atoms with van der Waals surface area (Å²) in [5.74, 6) is 0.931. The highest BCUT2D eigenvalue weighted by atomic mass is 16.4. The topological polar surface area (TPSA) is 68.0 Å². The molecule has 0 atom stereocenters. The Morgan fingerprint density at radius 1 is 1.08 bits per heavy atom. The number of hydrogen-bond acceptors (Lipinski definition) is 4. The van der Waals surface area contributed by atoms with Gasteiger partial charge in [-0.25, -0.2) is 0 Å². The lowest BCUT2D eigenvalue weighted by atomic mass is 10.1. The summed E-state index contributed by atoms with van der Waals surface area (Å²) in [4.78, 5) is 12.0. The van der Waals surface area contributed by atoms with Crippen LogP contribution in [0.1, 0.15) is 29.0 Å². The van der Waals surface area contributed by atoms with Crippen LogP contribution >= 0.6 is 0 Å². The Kier molecular flexibility index (Phi) is 5.23. The molecule has 0 aliphatic heterocycles. The number of nitrogens with zero attached hydrogens (tertiary/aromatic N) is 2. The van der Waals surface area contributed by atoms with Gasteiger partial charge < -0.3 is 9.73 Å². The Hall–Kier alpha value is -2.95. The summed E-state index contributed by atoms with van der Waals surface area (Å²) in [6.07, 6.45) is 0.750. The molecule has 0 bridgehead atoms. The molecule has 0 aliphatic carbocycles. The van der Waals surface area contributed by atoms with Crippen molar-refractivity contribution in [1.29, 1.82) is 0 Å². The van der Waals surface area contributed by atoms with Gasteiger partial charge in [0.25, 0.3) is 0 Å². The molecular weight excluding hydrogens is 314 g/mol. The van der Waals surface area contributed by atoms with E-state index in [2.05, 4.69) is 15.5 Å². The zero-order valence-corrected chi connectivity index (χ0v) is 14.5. The molecule has 5 heteroatoms. The second kappa shape index (κ2) is 7.75. The maximum Gasteiger partial charge on any atom is 0.247 e. The number of aryl methyl sites for hydroxylation is 3. The van der Waals surface area contributed by atoms with Crippen LogP contribution in [-0.2, 0) is 17.8 Å². The van der Waals surface area contributed by atoms with E-state index in [9.17, 15) is 4.79 Å². The molecule has 0 spiro atoms. The minimum atomic E-state index is -0.0291. The highest BCUT2D eigenvalue weighted by molar-refractivity contribution is 5.76. The van der Waals surface area contributed by atoms with Crippen LogP contribution in [0.15, 0.2) is 52.9 Å². The number of hydrogen-bond donors (Lipinski definition) is 1. The van der Waals surface area contributed by atoms with E-state index in [1.54, 1.807) is 0 Å². The molecular formula is C20H21N3O2. The van der Waals surface area contributed by atoms with Gasteiger partial charge in [0.15, 0.2) is 0 Å². The van der Waals surface area contributed by atoms with Gasteiger partial charge in [-0.3, -0.25) is 4.79 Å². The highest BCUT2D eigenvalue weighted by Gasteiger charge is 2.11. The number of amides is 1. The van der Waals surface area contributed by atoms with Crippen molar-refractivity contribution in [2.24, 2.45) is 0 Å². The number of rotatable bonds is 6. The summed E-state index contributed by atoms with van der Waals surface area (Å²) in [6, 6.07) is 15.9. The number of carbonyl (C=O) groups is 1. The van der Waals surface area contributed by atoms with Crippen molar-refractivity contribution in [3.63, 3.8) is 0 Å². The summed E-state index contributed by atoms with van der Waals surface area (Å²) in [7, 11) is 0. The van der Waals surface area contributed by atoms with Gasteiger partial charge in [-0.15, -0.1) is 10.2 Å². The van der Waals surface area contributed by atoms with Gasteiger partial charge in [0.05, 0.1) is 0 Å². The van der Waals surface area contributed by atoms with Gasteiger partial charge in [-0.1, -0.05) is 42.0 Å². The first kappa shape index (κ1) is 16.9. The Morgan fingerprint density at radius 2 is 1.92 bits per heavy atom. The first-order valence-electron chi connectivity index (χ1n) is 8.32. The summed E-state index contributed by atoms with van der Waals surface area (Å²) >= 11 is 0. The Balaban J connectivity index is 1.52. The molecule has 1 amide bonds. The van der Waals surface area contributed by atoms with E-state index in [1.165, 1.54) is 5.56 Å². The zero-order chi connectivity index (χ0) is 17.6. The molecule has 0 aliphatic rings. The molecule has 3 rings (SSSR count). The molecule has 1 aromatic heterocycles. The fraction of sp³-hybridized carbons (Fsp3) is 0.250. The Labute approximate surface area is 147 Å². The van der Waals surface area contributed by atoms with Gasteiger partial charge in [0.1, 0.15) is 0 Å². The first-order valence-corrected chi connectivity index (χ1v) is 8.32. The Bertz CT molecular complexity index is 871. The minimum Gasteiger partial charge on any atom is -0.421 e. The molecule has 128 valence electrons. The van der Waals surface area contributed by atoms with E-state index < -0.39 is 0 Å². The van der Waals surface area contributed by atoms with Crippen LogP contribution in [0.2, 0.25) is 0 Å². The average molecular weight is 335 g/mol. The van der Waals surface area contributed by atoms with Crippen LogP contribution in [0.3, 0.4) is 0 Å². The van der Waals surface area contributed by atoms with Crippen LogP contribution in [0.25, 0.3) is 11.5 Å². The van der Waals surface area contributed by atoms with Gasteiger partial charge in [-0.05, 0) is 37.1 Å². The van der Waals surface area contributed by atoms with Crippen LogP contribution in [0.4, 0.5) is 0 Å². The minimum absolute atomic E-state index is 0.0291. The van der Waals surface area contributed by atoms with Gasteiger partial charge in [-0.2, -0.15) is 0 Å². The van der Waals surface area contributed by atoms with Crippen LogP contribution in [-0.4, -0.2) is 16.1 Å². The lowest BCUT2D eigenvalue weighted by molar-refractivity contribution is -0.121. The van der Waals surface area contributed by atoms with Gasteiger partial charge in [0, 0.05) is 24.9 Å². The molecule has 0 unspecified atom stereocenters. The highest BCUT2D eigenvalue weighted by Crippen LogP contribution is 2.19. The van der Waals surface area contributed by atoms with E-state index in [4.69, 9.17) is 4.42 Å². The average Bonchev–Trinajstić information content (AvgIpc) is 3.08. The van der Waals surface area contributed by atoms with Gasteiger partial charge >= 0.3 is 0 Å². The predicted molar refractivity (Wildman–Crippen MR) is 95.8 cm³/mol. The second-order valence-corrected chi connectivity index (χ2v) is 6.07. The largest absolute Gasteiger partial charge is 0.421 e. The molecule has 0 saturated heterocycles. The normalized spacial score (nSPS) is 10.6. The fourth-order valence-electron chi connectivity index (χ4n) is 2.56. The summed E-state index contributed by atoms with van der Waals surface area (Å²) in [6.45, 7) is 4.58. The smallest absolute Gasteiger partial charge is 0.247 e. The van der Waals surface area contributed by atoms with Crippen LogP contribution < -0.4 is 5.32 Å². The van der Waals surface area contributed by atoms with Crippen LogP contribution in [0.5, 0.6) is 0 Å². The van der Waals surface area contributed by atoms with Crippen molar-refractivity contribution < 1.29 is 9.21 Å². The molecule has 25 heavy (non-hydrogen) atoms. The number of nitrogens with one attached hydrogen (secondary N) is 1. The fourth-order valence-corrected chi connectivity index (χ4v) is 2.56. The predicted octanol–water partition coefficient (Wildman–Crippen LogP) is 3.60. The monoisotopic (exact) mass is 335 g/mol. The van der Waals surface area contributed by atoms with Crippen molar-refractivity contribution in [1.82, 2.24) is 15.5 Å². The number of benzene rings is 2. The molecule has 1 heterocycles. The van der Waals surface area contributed by atoms with Crippen LogP contribution in [0, 0.1) is 13.8 Å². The van der Waals surface area contributed by atoms with Gasteiger partial charge in [0.2, 0.25) is 17.7 Å². The summed E-state index contributed by atoms with van der Waals surface area (Å²) in [5.41, 5.74) is 4.31. The maximum absolute atomic E-state index is 12.0. The zero-order valence-electron chi connectivity index (χ0n) is 14.5. The van der Waals surface area contributed by atoms with Crippen molar-refractivity contribution in [2.75, 3.05) is 0 Å². The molecule has 1 N–H and O–H groups in total. The quantitative estimate of drug-likeness (QED) is 0.747. The lowest BCUT2D eigenvalue weighted by Gasteiger charge is -2.07. The Morgan fingerprint density at radius 3 is 2.72 bits per heavy atom. The molecule has 2 aromatic carbocycles. The molecule has 0 saturated carbocycles. The third-order valence-corrected chi connectivity index (χ3v) is 4.04. The number of carbonyl (C=O) groups excluding carboxylic acids is 1. The molecule has 5 nitrogen and oxygen atoms in total. The third-order valence-electron chi connectivity index (χ3n) is 4.04. The van der Waals surface area contributed by atoms with Crippen molar-refractivity contribution in [3.05, 3.63) is 71.1 Å². The summed E-state index contributed by atoms with van der Waals surface area (Å²) < 4.78 is 5.65. The molecule has 0 radical (unpaired) electrons. The van der Waals surface area contributed by atoms with E-state index in [1.807, 2.05) is 62.4 Å². The first-order chi connectivity index (χ1) is 12.1. The van der Waals surface area contributed by atoms with E-state index >= 15 is 0 Å². The molecule has 0 fully saturated rings. The molecule has 3 aromatic rings. The standard InChI is InChI=1S/C20H21N3O2/c1-14-6-5-9-16(12-14)20-23-22-19(25-20)11-10-18(24)21-13-17-8-4-3-7-15(17)2/h3-9,12H,10-11,13H2,1-2H3,(H,21,24). The second-order valence-electron chi connectivity index (χ2n) is 6.07. The third kappa shape index (κ3) is 4.53. The number of aromatic nitrogens is 2.